The van der Waals surface area contributed by atoms with Crippen molar-refractivity contribution in [2.45, 2.75) is 5.33 Å². The summed E-state index contributed by atoms with van der Waals surface area (Å²) in [6, 6.07) is 4.89. The molecule has 0 fully saturated rings. The van der Waals surface area contributed by atoms with Crippen molar-refractivity contribution in [3.05, 3.63) is 54.7 Å². The van der Waals surface area contributed by atoms with E-state index < -0.39 is 5.82 Å². The maximum atomic E-state index is 14.4. The predicted molar refractivity (Wildman–Crippen MR) is 89.5 cm³/mol. The summed E-state index contributed by atoms with van der Waals surface area (Å²) in [5, 5.41) is 0.622. The maximum absolute atomic E-state index is 14.4. The molecule has 0 N–H and O–H groups in total. The zero-order chi connectivity index (χ0) is 15.0. The van der Waals surface area contributed by atoms with E-state index in [4.69, 9.17) is 58.0 Å². The van der Waals surface area contributed by atoms with Gasteiger partial charge in [0.25, 0.3) is 0 Å². The molecule has 0 radical (unpaired) electrons. The minimum absolute atomic E-state index is 0.0429. The Labute approximate surface area is 148 Å². The third-order valence-electron chi connectivity index (χ3n) is 2.70. The summed E-state index contributed by atoms with van der Waals surface area (Å²) in [6.07, 6.45) is 0. The van der Waals surface area contributed by atoms with Gasteiger partial charge in [0.1, 0.15) is 5.82 Å². The molecule has 106 valence electrons. The van der Waals surface area contributed by atoms with E-state index in [9.17, 15) is 4.39 Å². The summed E-state index contributed by atoms with van der Waals surface area (Å²) in [6.45, 7) is 0. The first-order chi connectivity index (χ1) is 9.40. The van der Waals surface area contributed by atoms with Crippen molar-refractivity contribution in [2.24, 2.45) is 0 Å². The summed E-state index contributed by atoms with van der Waals surface area (Å²) < 4.78 is 14.4. The van der Waals surface area contributed by atoms with E-state index in [1.165, 1.54) is 0 Å². The van der Waals surface area contributed by atoms with Crippen LogP contribution in [-0.2, 0) is 5.33 Å². The lowest BCUT2D eigenvalue weighted by Crippen LogP contribution is -1.93. The Kier molecular flexibility index (Phi) is 5.50. The Morgan fingerprint density at radius 1 is 0.850 bits per heavy atom. The molecule has 0 amide bonds. The number of alkyl halides is 1. The minimum Gasteiger partial charge on any atom is -0.206 e. The number of rotatable bonds is 2. The average molecular weight is 437 g/mol. The maximum Gasteiger partial charge on any atom is 0.135 e. The fourth-order valence-electron chi connectivity index (χ4n) is 1.72. The number of hydrogen-bond donors (Lipinski definition) is 0. The van der Waals surface area contributed by atoms with Crippen molar-refractivity contribution in [1.29, 1.82) is 0 Å². The van der Waals surface area contributed by atoms with Gasteiger partial charge < -0.3 is 0 Å². The largest absolute Gasteiger partial charge is 0.206 e. The van der Waals surface area contributed by atoms with E-state index in [2.05, 4.69) is 15.9 Å². The molecule has 0 nitrogen and oxygen atoms in total. The van der Waals surface area contributed by atoms with Crippen LogP contribution in [0.2, 0.25) is 25.1 Å². The molecule has 0 aromatic heterocycles. The summed E-state index contributed by atoms with van der Waals surface area (Å²) in [4.78, 5) is 0. The highest BCUT2D eigenvalue weighted by molar-refractivity contribution is 9.08. The second kappa shape index (κ2) is 6.60. The van der Waals surface area contributed by atoms with Crippen LogP contribution in [0.4, 0.5) is 4.39 Å². The standard InChI is InChI=1S/C13H5BrCl5F/c14-4-5-2-1-3-6(13(5)20)7-8(15)10(17)12(19)11(18)9(7)16/h1-3H,4H2. The number of halogens is 7. The van der Waals surface area contributed by atoms with E-state index in [1.54, 1.807) is 18.2 Å². The lowest BCUT2D eigenvalue weighted by atomic mass is 10.0. The normalized spacial score (nSPS) is 10.9. The van der Waals surface area contributed by atoms with Gasteiger partial charge in [-0.3, -0.25) is 0 Å². The molecule has 0 unspecified atom stereocenters. The second-order valence-corrected chi connectivity index (χ2v) is 6.31. The summed E-state index contributed by atoms with van der Waals surface area (Å²) >= 11 is 33.4. The Balaban J connectivity index is 2.84. The zero-order valence-electron chi connectivity index (χ0n) is 9.58. The molecule has 2 rings (SSSR count). The molecule has 0 aliphatic carbocycles. The lowest BCUT2D eigenvalue weighted by Gasteiger charge is -2.14. The average Bonchev–Trinajstić information content (AvgIpc) is 2.45. The van der Waals surface area contributed by atoms with Gasteiger partial charge in [-0.15, -0.1) is 0 Å². The van der Waals surface area contributed by atoms with E-state index in [-0.39, 0.29) is 36.2 Å². The fourth-order valence-corrected chi connectivity index (χ4v) is 3.49. The SMILES string of the molecule is Fc1c(CBr)cccc1-c1c(Cl)c(Cl)c(Cl)c(Cl)c1Cl. The molecule has 0 aliphatic heterocycles. The molecule has 0 aliphatic rings. The van der Waals surface area contributed by atoms with Gasteiger partial charge in [-0.25, -0.2) is 4.39 Å². The Hall–Kier alpha value is 0.300. The van der Waals surface area contributed by atoms with Crippen LogP contribution in [-0.4, -0.2) is 0 Å². The molecule has 0 heterocycles. The third kappa shape index (κ3) is 2.79. The van der Waals surface area contributed by atoms with Crippen LogP contribution in [0, 0.1) is 5.82 Å². The molecule has 2 aromatic carbocycles. The highest BCUT2D eigenvalue weighted by Gasteiger charge is 2.23. The first-order valence-corrected chi connectivity index (χ1v) is 8.26. The molecule has 0 bridgehead atoms. The van der Waals surface area contributed by atoms with Gasteiger partial charge in [-0.05, 0) is 5.56 Å². The smallest absolute Gasteiger partial charge is 0.135 e. The van der Waals surface area contributed by atoms with Crippen molar-refractivity contribution in [3.63, 3.8) is 0 Å². The topological polar surface area (TPSA) is 0 Å². The number of hydrogen-bond acceptors (Lipinski definition) is 0. The third-order valence-corrected chi connectivity index (χ3v) is 5.58. The molecule has 2 aromatic rings. The monoisotopic (exact) mass is 434 g/mol. The van der Waals surface area contributed by atoms with E-state index in [1.807, 2.05) is 0 Å². The van der Waals surface area contributed by atoms with Gasteiger partial charge in [-0.1, -0.05) is 92.1 Å². The highest BCUT2D eigenvalue weighted by Crippen LogP contribution is 2.48. The van der Waals surface area contributed by atoms with Gasteiger partial charge in [0.15, 0.2) is 0 Å². The van der Waals surface area contributed by atoms with Crippen LogP contribution in [0.15, 0.2) is 18.2 Å². The molecule has 7 heteroatoms. The van der Waals surface area contributed by atoms with Crippen LogP contribution >= 0.6 is 73.9 Å². The van der Waals surface area contributed by atoms with Crippen molar-refractivity contribution in [3.8, 4) is 11.1 Å². The van der Waals surface area contributed by atoms with Gasteiger partial charge in [0.05, 0.1) is 25.1 Å². The van der Waals surface area contributed by atoms with Crippen LogP contribution in [0.1, 0.15) is 5.56 Å². The van der Waals surface area contributed by atoms with Gasteiger partial charge in [-0.2, -0.15) is 0 Å². The van der Waals surface area contributed by atoms with Crippen LogP contribution in [0.5, 0.6) is 0 Å². The fraction of sp³-hybridized carbons (Fsp3) is 0.0769. The zero-order valence-corrected chi connectivity index (χ0v) is 15.0. The summed E-state index contributed by atoms with van der Waals surface area (Å²) in [5.41, 5.74) is 0.919. The molecule has 0 saturated heterocycles. The number of benzene rings is 2. The van der Waals surface area contributed by atoms with Crippen LogP contribution in [0.25, 0.3) is 11.1 Å². The van der Waals surface area contributed by atoms with Gasteiger partial charge in [0.2, 0.25) is 0 Å². The Morgan fingerprint density at radius 2 is 1.35 bits per heavy atom. The molecular formula is C13H5BrCl5F. The minimum atomic E-state index is -0.442. The lowest BCUT2D eigenvalue weighted by molar-refractivity contribution is 0.621. The first kappa shape index (κ1) is 16.7. The molecule has 0 atom stereocenters. The quantitative estimate of drug-likeness (QED) is 0.257. The van der Waals surface area contributed by atoms with E-state index in [0.717, 1.165) is 0 Å². The van der Waals surface area contributed by atoms with Gasteiger partial charge in [0, 0.05) is 16.5 Å². The Morgan fingerprint density at radius 3 is 1.85 bits per heavy atom. The molecule has 0 spiro atoms. The Bertz CT molecular complexity index is 658. The molecule has 0 saturated carbocycles. The molecular weight excluding hydrogens is 432 g/mol. The van der Waals surface area contributed by atoms with Crippen molar-refractivity contribution < 1.29 is 4.39 Å². The van der Waals surface area contributed by atoms with E-state index in [0.29, 0.717) is 10.9 Å². The van der Waals surface area contributed by atoms with Crippen molar-refractivity contribution >= 4 is 73.9 Å². The van der Waals surface area contributed by atoms with Gasteiger partial charge >= 0.3 is 0 Å². The summed E-state index contributed by atoms with van der Waals surface area (Å²) in [5.74, 6) is -0.442. The first-order valence-electron chi connectivity index (χ1n) is 5.25. The van der Waals surface area contributed by atoms with Crippen LogP contribution < -0.4 is 0 Å². The molecule has 20 heavy (non-hydrogen) atoms. The highest BCUT2D eigenvalue weighted by atomic mass is 79.9. The van der Waals surface area contributed by atoms with Crippen LogP contribution in [0.3, 0.4) is 0 Å². The summed E-state index contributed by atoms with van der Waals surface area (Å²) in [7, 11) is 0. The van der Waals surface area contributed by atoms with Crippen molar-refractivity contribution in [2.75, 3.05) is 0 Å². The van der Waals surface area contributed by atoms with E-state index >= 15 is 0 Å². The second-order valence-electron chi connectivity index (χ2n) is 3.86. The van der Waals surface area contributed by atoms with Crippen molar-refractivity contribution in [1.82, 2.24) is 0 Å². The predicted octanol–water partition coefficient (Wildman–Crippen LogP) is 7.65.